The van der Waals surface area contributed by atoms with Gasteiger partial charge in [-0.1, -0.05) is 24.3 Å². The Kier molecular flexibility index (Phi) is 4.49. The number of amides is 1. The minimum Gasteiger partial charge on any atom is -0.338 e. The van der Waals surface area contributed by atoms with Crippen LogP contribution in [-0.4, -0.2) is 28.9 Å². The summed E-state index contributed by atoms with van der Waals surface area (Å²) < 4.78 is 0. The number of piperidine rings is 1. The first-order valence-electron chi connectivity index (χ1n) is 7.76. The van der Waals surface area contributed by atoms with Crippen LogP contribution in [0.2, 0.25) is 0 Å². The normalized spacial score (nSPS) is 18.2. The zero-order valence-electron chi connectivity index (χ0n) is 12.6. The molecule has 0 spiro atoms. The third kappa shape index (κ3) is 3.02. The molecular formula is C18H21N3O. The van der Waals surface area contributed by atoms with Gasteiger partial charge in [0.15, 0.2) is 0 Å². The van der Waals surface area contributed by atoms with Crippen LogP contribution >= 0.6 is 0 Å². The maximum absolute atomic E-state index is 12.6. The van der Waals surface area contributed by atoms with E-state index >= 15 is 0 Å². The third-order valence-corrected chi connectivity index (χ3v) is 4.33. The standard InChI is InChI=1S/C18H21N3O/c19-11-14-5-1-2-8-17(14)16-7-4-10-21(13-16)18(22)15-6-3-9-20-12-15/h1-3,5-6,8-9,12,16H,4,7,10-11,13,19H2. The number of nitrogens with zero attached hydrogens (tertiary/aromatic N) is 2. The van der Waals surface area contributed by atoms with Crippen molar-refractivity contribution in [1.82, 2.24) is 9.88 Å². The van der Waals surface area contributed by atoms with Crippen molar-refractivity contribution < 1.29 is 4.79 Å². The van der Waals surface area contributed by atoms with Gasteiger partial charge in [-0.3, -0.25) is 9.78 Å². The highest BCUT2D eigenvalue weighted by atomic mass is 16.2. The minimum atomic E-state index is 0.0722. The summed E-state index contributed by atoms with van der Waals surface area (Å²) in [6, 6.07) is 11.9. The smallest absolute Gasteiger partial charge is 0.255 e. The van der Waals surface area contributed by atoms with Crippen LogP contribution in [0.15, 0.2) is 48.8 Å². The van der Waals surface area contributed by atoms with E-state index in [0.29, 0.717) is 18.0 Å². The minimum absolute atomic E-state index is 0.0722. The monoisotopic (exact) mass is 295 g/mol. The molecule has 1 aromatic heterocycles. The number of nitrogens with two attached hydrogens (primary N) is 1. The van der Waals surface area contributed by atoms with E-state index in [9.17, 15) is 4.79 Å². The average molecular weight is 295 g/mol. The lowest BCUT2D eigenvalue weighted by Crippen LogP contribution is -2.39. The largest absolute Gasteiger partial charge is 0.338 e. The molecule has 0 saturated carbocycles. The van der Waals surface area contributed by atoms with Crippen molar-refractivity contribution in [2.24, 2.45) is 5.73 Å². The summed E-state index contributed by atoms with van der Waals surface area (Å²) in [5.74, 6) is 0.442. The predicted octanol–water partition coefficient (Wildman–Crippen LogP) is 2.56. The van der Waals surface area contributed by atoms with Crippen molar-refractivity contribution in [1.29, 1.82) is 0 Å². The van der Waals surface area contributed by atoms with E-state index < -0.39 is 0 Å². The molecular weight excluding hydrogens is 274 g/mol. The maximum atomic E-state index is 12.6. The zero-order chi connectivity index (χ0) is 15.4. The van der Waals surface area contributed by atoms with Crippen LogP contribution in [0, 0.1) is 0 Å². The second kappa shape index (κ2) is 6.71. The molecule has 22 heavy (non-hydrogen) atoms. The Hall–Kier alpha value is -2.20. The van der Waals surface area contributed by atoms with Gasteiger partial charge in [0.25, 0.3) is 5.91 Å². The first-order valence-corrected chi connectivity index (χ1v) is 7.76. The lowest BCUT2D eigenvalue weighted by atomic mass is 9.87. The number of benzene rings is 1. The first kappa shape index (κ1) is 14.7. The van der Waals surface area contributed by atoms with Gasteiger partial charge in [0.1, 0.15) is 0 Å². The molecule has 4 nitrogen and oxygen atoms in total. The lowest BCUT2D eigenvalue weighted by molar-refractivity contribution is 0.0706. The van der Waals surface area contributed by atoms with Gasteiger partial charge in [-0.2, -0.15) is 0 Å². The predicted molar refractivity (Wildman–Crippen MR) is 86.4 cm³/mol. The van der Waals surface area contributed by atoms with Gasteiger partial charge in [-0.05, 0) is 36.1 Å². The van der Waals surface area contributed by atoms with Gasteiger partial charge in [0, 0.05) is 37.9 Å². The van der Waals surface area contributed by atoms with E-state index in [4.69, 9.17) is 5.73 Å². The number of carbonyl (C=O) groups excluding carboxylic acids is 1. The highest BCUT2D eigenvalue weighted by Crippen LogP contribution is 2.29. The van der Waals surface area contributed by atoms with Crippen LogP contribution in [0.1, 0.15) is 40.2 Å². The molecule has 1 saturated heterocycles. The van der Waals surface area contributed by atoms with Gasteiger partial charge >= 0.3 is 0 Å². The van der Waals surface area contributed by atoms with Gasteiger partial charge in [-0.25, -0.2) is 0 Å². The molecule has 1 aliphatic heterocycles. The summed E-state index contributed by atoms with van der Waals surface area (Å²) in [6.45, 7) is 2.11. The van der Waals surface area contributed by atoms with Crippen molar-refractivity contribution >= 4 is 5.91 Å². The summed E-state index contributed by atoms with van der Waals surface area (Å²) in [6.07, 6.45) is 5.45. The van der Waals surface area contributed by atoms with Crippen LogP contribution in [0.4, 0.5) is 0 Å². The van der Waals surface area contributed by atoms with Crippen LogP contribution in [0.5, 0.6) is 0 Å². The quantitative estimate of drug-likeness (QED) is 0.946. The Labute approximate surface area is 131 Å². The molecule has 3 rings (SSSR count). The second-order valence-corrected chi connectivity index (χ2v) is 5.73. The second-order valence-electron chi connectivity index (χ2n) is 5.73. The zero-order valence-corrected chi connectivity index (χ0v) is 12.6. The molecule has 114 valence electrons. The van der Waals surface area contributed by atoms with E-state index in [1.54, 1.807) is 18.5 Å². The molecule has 4 heteroatoms. The summed E-state index contributed by atoms with van der Waals surface area (Å²) in [5.41, 5.74) is 8.99. The number of hydrogen-bond donors (Lipinski definition) is 1. The molecule has 0 aliphatic carbocycles. The fraction of sp³-hybridized carbons (Fsp3) is 0.333. The van der Waals surface area contributed by atoms with Gasteiger partial charge < -0.3 is 10.6 Å². The number of hydrogen-bond acceptors (Lipinski definition) is 3. The van der Waals surface area contributed by atoms with Crippen LogP contribution < -0.4 is 5.73 Å². The highest BCUT2D eigenvalue weighted by molar-refractivity contribution is 5.94. The molecule has 2 heterocycles. The summed E-state index contributed by atoms with van der Waals surface area (Å²) in [5, 5.41) is 0. The maximum Gasteiger partial charge on any atom is 0.255 e. The SMILES string of the molecule is NCc1ccccc1C1CCCN(C(=O)c2cccnc2)C1. The Bertz CT molecular complexity index is 642. The number of aromatic nitrogens is 1. The lowest BCUT2D eigenvalue weighted by Gasteiger charge is -2.34. The van der Waals surface area contributed by atoms with E-state index in [0.717, 1.165) is 25.9 Å². The van der Waals surface area contributed by atoms with Crippen LogP contribution in [0.3, 0.4) is 0 Å². The Morgan fingerprint density at radius 1 is 1.27 bits per heavy atom. The summed E-state index contributed by atoms with van der Waals surface area (Å²) in [4.78, 5) is 18.6. The fourth-order valence-corrected chi connectivity index (χ4v) is 3.21. The van der Waals surface area contributed by atoms with Crippen molar-refractivity contribution in [2.75, 3.05) is 13.1 Å². The third-order valence-electron chi connectivity index (χ3n) is 4.33. The van der Waals surface area contributed by atoms with Crippen LogP contribution in [-0.2, 0) is 6.54 Å². The number of likely N-dealkylation sites (tertiary alicyclic amines) is 1. The Morgan fingerprint density at radius 3 is 2.91 bits per heavy atom. The van der Waals surface area contributed by atoms with E-state index in [2.05, 4.69) is 23.2 Å². The van der Waals surface area contributed by atoms with E-state index in [1.807, 2.05) is 17.0 Å². The van der Waals surface area contributed by atoms with E-state index in [1.165, 1.54) is 11.1 Å². The summed E-state index contributed by atoms with van der Waals surface area (Å²) in [7, 11) is 0. The van der Waals surface area contributed by atoms with Gasteiger partial charge in [0.2, 0.25) is 0 Å². The van der Waals surface area contributed by atoms with Crippen molar-refractivity contribution in [3.63, 3.8) is 0 Å². The molecule has 1 fully saturated rings. The fourth-order valence-electron chi connectivity index (χ4n) is 3.21. The van der Waals surface area contributed by atoms with Crippen LogP contribution in [0.25, 0.3) is 0 Å². The molecule has 1 amide bonds. The Morgan fingerprint density at radius 2 is 2.14 bits per heavy atom. The topological polar surface area (TPSA) is 59.2 Å². The molecule has 1 aromatic carbocycles. The van der Waals surface area contributed by atoms with Gasteiger partial charge in [0.05, 0.1) is 5.56 Å². The molecule has 1 unspecified atom stereocenters. The molecule has 0 radical (unpaired) electrons. The number of carbonyl (C=O) groups is 1. The number of pyridine rings is 1. The molecule has 0 bridgehead atoms. The highest BCUT2D eigenvalue weighted by Gasteiger charge is 2.26. The number of rotatable bonds is 3. The average Bonchev–Trinajstić information content (AvgIpc) is 2.62. The van der Waals surface area contributed by atoms with Crippen molar-refractivity contribution in [3.05, 3.63) is 65.5 Å². The Balaban J connectivity index is 1.78. The van der Waals surface area contributed by atoms with Gasteiger partial charge in [-0.15, -0.1) is 0 Å². The summed E-state index contributed by atoms with van der Waals surface area (Å²) >= 11 is 0. The first-order chi connectivity index (χ1) is 10.8. The van der Waals surface area contributed by atoms with E-state index in [-0.39, 0.29) is 5.91 Å². The molecule has 2 aromatic rings. The molecule has 2 N–H and O–H groups in total. The van der Waals surface area contributed by atoms with Crippen molar-refractivity contribution in [2.45, 2.75) is 25.3 Å². The molecule has 1 atom stereocenters. The molecule has 1 aliphatic rings. The van der Waals surface area contributed by atoms with Crippen molar-refractivity contribution in [3.8, 4) is 0 Å².